The summed E-state index contributed by atoms with van der Waals surface area (Å²) in [5.74, 6) is 0.833. The topological polar surface area (TPSA) is 65.5 Å². The van der Waals surface area contributed by atoms with Crippen LogP contribution in [0.15, 0.2) is 29.6 Å². The van der Waals surface area contributed by atoms with Crippen molar-refractivity contribution in [2.45, 2.75) is 38.0 Å². The van der Waals surface area contributed by atoms with Gasteiger partial charge in [0, 0.05) is 68.6 Å². The lowest BCUT2D eigenvalue weighted by atomic mass is 9.98. The zero-order valence-corrected chi connectivity index (χ0v) is 18.6. The second-order valence-electron chi connectivity index (χ2n) is 8.52. The molecular formula is C23H30N4O2S. The molecule has 0 spiro atoms. The number of carbonyl (C=O) groups is 2. The first-order valence-electron chi connectivity index (χ1n) is 10.8. The minimum absolute atomic E-state index is 0.101. The molecule has 1 N–H and O–H groups in total. The number of nitrogens with zero attached hydrogens (tertiary/aromatic N) is 3. The van der Waals surface area contributed by atoms with E-state index in [0.717, 1.165) is 67.1 Å². The molecule has 1 atom stereocenters. The maximum atomic E-state index is 13.0. The van der Waals surface area contributed by atoms with Crippen LogP contribution in [0.25, 0.3) is 0 Å². The van der Waals surface area contributed by atoms with Crippen LogP contribution in [-0.2, 0) is 11.2 Å². The normalized spacial score (nSPS) is 18.9. The maximum Gasteiger partial charge on any atom is 0.253 e. The number of anilines is 1. The first-order valence-corrected chi connectivity index (χ1v) is 11.7. The highest BCUT2D eigenvalue weighted by Gasteiger charge is 2.29. The van der Waals surface area contributed by atoms with E-state index in [0.29, 0.717) is 12.5 Å². The molecule has 1 saturated heterocycles. The monoisotopic (exact) mass is 426 g/mol. The van der Waals surface area contributed by atoms with Gasteiger partial charge in [-0.1, -0.05) is 0 Å². The van der Waals surface area contributed by atoms with Gasteiger partial charge in [0.25, 0.3) is 5.91 Å². The molecule has 2 fully saturated rings. The van der Waals surface area contributed by atoms with Crippen LogP contribution in [0.5, 0.6) is 0 Å². The Kier molecular flexibility index (Phi) is 6.37. The molecule has 1 saturated carbocycles. The summed E-state index contributed by atoms with van der Waals surface area (Å²) in [4.78, 5) is 33.5. The molecule has 1 aliphatic carbocycles. The Bertz CT molecular complexity index is 889. The van der Waals surface area contributed by atoms with Gasteiger partial charge in [-0.2, -0.15) is 0 Å². The minimum Gasteiger partial charge on any atom is -0.378 e. The van der Waals surface area contributed by atoms with E-state index < -0.39 is 0 Å². The quantitative estimate of drug-likeness (QED) is 0.738. The molecular weight excluding hydrogens is 396 g/mol. The Hall–Kier alpha value is -2.41. The molecule has 1 aliphatic heterocycles. The lowest BCUT2D eigenvalue weighted by molar-refractivity contribution is -0.122. The van der Waals surface area contributed by atoms with E-state index in [9.17, 15) is 9.59 Å². The molecule has 2 heterocycles. The standard InChI is InChI=1S/C23H30N4O2S/c1-26(2)20-9-7-17(8-10-20)23(29)27-13-3-4-18(14-27)22-25-19(15-30-22)11-12-24-21(28)16-5-6-16/h7-10,15-16,18H,3-6,11-14H2,1-2H3,(H,24,28). The van der Waals surface area contributed by atoms with Crippen LogP contribution in [0.3, 0.4) is 0 Å². The third-order valence-corrected chi connectivity index (χ3v) is 6.94. The third kappa shape index (κ3) is 5.01. The van der Waals surface area contributed by atoms with Gasteiger partial charge in [0.05, 0.1) is 10.7 Å². The molecule has 2 aromatic rings. The minimum atomic E-state index is 0.101. The Labute approximate surface area is 182 Å². The summed E-state index contributed by atoms with van der Waals surface area (Å²) in [5.41, 5.74) is 2.87. The Morgan fingerprint density at radius 2 is 1.97 bits per heavy atom. The summed E-state index contributed by atoms with van der Waals surface area (Å²) in [6, 6.07) is 7.81. The van der Waals surface area contributed by atoms with Crippen LogP contribution in [0.4, 0.5) is 5.69 Å². The number of carbonyl (C=O) groups excluding carboxylic acids is 2. The zero-order chi connectivity index (χ0) is 21.1. The second-order valence-corrected chi connectivity index (χ2v) is 9.41. The molecule has 0 bridgehead atoms. The van der Waals surface area contributed by atoms with Gasteiger partial charge < -0.3 is 15.1 Å². The zero-order valence-electron chi connectivity index (χ0n) is 17.8. The smallest absolute Gasteiger partial charge is 0.253 e. The van der Waals surface area contributed by atoms with Crippen LogP contribution >= 0.6 is 11.3 Å². The molecule has 2 amide bonds. The van der Waals surface area contributed by atoms with Crippen molar-refractivity contribution in [3.05, 3.63) is 45.9 Å². The Balaban J connectivity index is 1.32. The number of nitrogens with one attached hydrogen (secondary N) is 1. The van der Waals surface area contributed by atoms with Crippen molar-refractivity contribution in [1.29, 1.82) is 0 Å². The average Bonchev–Trinajstić information content (AvgIpc) is 3.52. The highest BCUT2D eigenvalue weighted by atomic mass is 32.1. The molecule has 7 heteroatoms. The number of likely N-dealkylation sites (tertiary alicyclic amines) is 1. The number of hydrogen-bond donors (Lipinski definition) is 1. The fourth-order valence-electron chi connectivity index (χ4n) is 3.88. The van der Waals surface area contributed by atoms with Crippen molar-refractivity contribution in [1.82, 2.24) is 15.2 Å². The average molecular weight is 427 g/mol. The van der Waals surface area contributed by atoms with E-state index in [1.54, 1.807) is 11.3 Å². The number of piperidine rings is 1. The molecule has 0 radical (unpaired) electrons. The third-order valence-electron chi connectivity index (χ3n) is 5.89. The van der Waals surface area contributed by atoms with Crippen LogP contribution in [0, 0.1) is 5.92 Å². The van der Waals surface area contributed by atoms with E-state index in [2.05, 4.69) is 10.7 Å². The predicted molar refractivity (Wildman–Crippen MR) is 120 cm³/mol. The van der Waals surface area contributed by atoms with Crippen molar-refractivity contribution < 1.29 is 9.59 Å². The highest BCUT2D eigenvalue weighted by Crippen LogP contribution is 2.31. The Morgan fingerprint density at radius 3 is 2.67 bits per heavy atom. The summed E-state index contributed by atoms with van der Waals surface area (Å²) in [6.45, 7) is 2.17. The van der Waals surface area contributed by atoms with Gasteiger partial charge in [-0.05, 0) is 49.9 Å². The van der Waals surface area contributed by atoms with Crippen LogP contribution in [0.1, 0.15) is 52.7 Å². The summed E-state index contributed by atoms with van der Waals surface area (Å²) < 4.78 is 0. The fourth-order valence-corrected chi connectivity index (χ4v) is 4.86. The molecule has 1 aromatic carbocycles. The number of rotatable bonds is 7. The first-order chi connectivity index (χ1) is 14.5. The lowest BCUT2D eigenvalue weighted by Crippen LogP contribution is -2.39. The number of aromatic nitrogens is 1. The maximum absolute atomic E-state index is 13.0. The number of benzene rings is 1. The van der Waals surface area contributed by atoms with E-state index in [4.69, 9.17) is 4.98 Å². The van der Waals surface area contributed by atoms with Gasteiger partial charge in [-0.15, -0.1) is 11.3 Å². The van der Waals surface area contributed by atoms with Crippen molar-refractivity contribution in [3.63, 3.8) is 0 Å². The van der Waals surface area contributed by atoms with Crippen LogP contribution < -0.4 is 10.2 Å². The van der Waals surface area contributed by atoms with Gasteiger partial charge in [0.1, 0.15) is 0 Å². The van der Waals surface area contributed by atoms with E-state index in [-0.39, 0.29) is 17.7 Å². The summed E-state index contributed by atoms with van der Waals surface area (Å²) >= 11 is 1.68. The molecule has 6 nitrogen and oxygen atoms in total. The van der Waals surface area contributed by atoms with Gasteiger partial charge >= 0.3 is 0 Å². The largest absolute Gasteiger partial charge is 0.378 e. The Morgan fingerprint density at radius 1 is 1.20 bits per heavy atom. The number of thiazole rings is 1. The molecule has 30 heavy (non-hydrogen) atoms. The molecule has 2 aliphatic rings. The molecule has 4 rings (SSSR count). The number of hydrogen-bond acceptors (Lipinski definition) is 5. The van der Waals surface area contributed by atoms with Gasteiger partial charge in [0.2, 0.25) is 5.91 Å². The number of amides is 2. The summed E-state index contributed by atoms with van der Waals surface area (Å²) in [5, 5.41) is 6.21. The first kappa shape index (κ1) is 20.8. The van der Waals surface area contributed by atoms with Gasteiger partial charge in [0.15, 0.2) is 0 Å². The fraction of sp³-hybridized carbons (Fsp3) is 0.522. The molecule has 1 aromatic heterocycles. The lowest BCUT2D eigenvalue weighted by Gasteiger charge is -2.32. The van der Waals surface area contributed by atoms with Crippen LogP contribution in [0.2, 0.25) is 0 Å². The predicted octanol–water partition coefficient (Wildman–Crippen LogP) is 3.30. The van der Waals surface area contributed by atoms with Gasteiger partial charge in [-0.3, -0.25) is 9.59 Å². The van der Waals surface area contributed by atoms with E-state index in [1.807, 2.05) is 48.2 Å². The van der Waals surface area contributed by atoms with E-state index in [1.165, 1.54) is 0 Å². The van der Waals surface area contributed by atoms with Crippen molar-refractivity contribution >= 4 is 28.8 Å². The van der Waals surface area contributed by atoms with Gasteiger partial charge in [-0.25, -0.2) is 4.98 Å². The summed E-state index contributed by atoms with van der Waals surface area (Å²) in [7, 11) is 3.99. The van der Waals surface area contributed by atoms with Crippen LogP contribution in [-0.4, -0.2) is 55.4 Å². The van der Waals surface area contributed by atoms with Crippen molar-refractivity contribution in [2.75, 3.05) is 38.6 Å². The summed E-state index contributed by atoms with van der Waals surface area (Å²) in [6.07, 6.45) is 4.89. The van der Waals surface area contributed by atoms with Crippen molar-refractivity contribution in [3.8, 4) is 0 Å². The van der Waals surface area contributed by atoms with E-state index >= 15 is 0 Å². The second kappa shape index (κ2) is 9.16. The highest BCUT2D eigenvalue weighted by molar-refractivity contribution is 7.09. The SMILES string of the molecule is CN(C)c1ccc(C(=O)N2CCCC(c3nc(CCNC(=O)C4CC4)cs3)C2)cc1. The van der Waals surface area contributed by atoms with Crippen molar-refractivity contribution in [2.24, 2.45) is 5.92 Å². The molecule has 1 unspecified atom stereocenters. The molecule has 160 valence electrons.